The molecule has 2 unspecified atom stereocenters. The van der Waals surface area contributed by atoms with Crippen LogP contribution in [0.15, 0.2) is 0 Å². The number of amides is 2. The van der Waals surface area contributed by atoms with E-state index < -0.39 is 24.1 Å². The van der Waals surface area contributed by atoms with Crippen molar-refractivity contribution in [3.63, 3.8) is 0 Å². The van der Waals surface area contributed by atoms with Gasteiger partial charge in [0.1, 0.15) is 0 Å². The number of carboxylic acids is 2. The molecule has 0 rings (SSSR count). The van der Waals surface area contributed by atoms with Crippen LogP contribution >= 0.6 is 0 Å². The molecular weight excluding hydrogens is 300 g/mol. The molecule has 0 aromatic heterocycles. The summed E-state index contributed by atoms with van der Waals surface area (Å²) in [5.74, 6) is -3.96. The van der Waals surface area contributed by atoms with Crippen molar-refractivity contribution in [2.75, 3.05) is 0 Å². The Morgan fingerprint density at radius 2 is 1.00 bits per heavy atom. The van der Waals surface area contributed by atoms with E-state index >= 15 is 0 Å². The van der Waals surface area contributed by atoms with Crippen molar-refractivity contribution in [1.29, 1.82) is 0 Å². The normalized spacial score (nSPS) is 11.6. The van der Waals surface area contributed by atoms with Crippen LogP contribution in [0.2, 0.25) is 0 Å². The Kier molecular flexibility index (Phi) is 17.1. The minimum absolute atomic E-state index is 0.211. The van der Waals surface area contributed by atoms with E-state index in [9.17, 15) is 19.2 Å². The Labute approximate surface area is 127 Å². The summed E-state index contributed by atoms with van der Waals surface area (Å²) < 4.78 is 0. The van der Waals surface area contributed by atoms with Crippen molar-refractivity contribution >= 4 is 23.8 Å². The van der Waals surface area contributed by atoms with Gasteiger partial charge in [0.05, 0.1) is 0 Å². The number of carboxylic acid groups (broad SMARTS) is 2. The van der Waals surface area contributed by atoms with E-state index in [1.54, 1.807) is 0 Å². The highest BCUT2D eigenvalue weighted by Gasteiger charge is 2.29. The molecule has 2 atom stereocenters. The van der Waals surface area contributed by atoms with Crippen LogP contribution in [0.3, 0.4) is 0 Å². The van der Waals surface area contributed by atoms with E-state index in [0.717, 1.165) is 12.8 Å². The van der Waals surface area contributed by atoms with Crippen LogP contribution < -0.4 is 11.5 Å². The quantitative estimate of drug-likeness (QED) is 0.322. The molecule has 0 bridgehead atoms. The van der Waals surface area contributed by atoms with Gasteiger partial charge < -0.3 is 31.9 Å². The number of aliphatic hydroxyl groups excluding tert-OH is 2. The number of aliphatic hydroxyl groups is 2. The maximum Gasteiger partial charge on any atom is 0.335 e. The third-order valence-corrected chi connectivity index (χ3v) is 1.80. The fourth-order valence-corrected chi connectivity index (χ4v) is 0.763. The summed E-state index contributed by atoms with van der Waals surface area (Å²) in [6.45, 7) is 3.84. The van der Waals surface area contributed by atoms with Gasteiger partial charge in [-0.25, -0.2) is 9.59 Å². The van der Waals surface area contributed by atoms with Gasteiger partial charge in [-0.3, -0.25) is 9.59 Å². The van der Waals surface area contributed by atoms with E-state index in [4.69, 9.17) is 31.9 Å². The molecule has 0 heterocycles. The van der Waals surface area contributed by atoms with E-state index in [-0.39, 0.29) is 11.8 Å². The predicted octanol–water partition coefficient (Wildman–Crippen LogP) is -1.58. The molecule has 0 aliphatic rings. The lowest BCUT2D eigenvalue weighted by Gasteiger charge is -2.07. The van der Waals surface area contributed by atoms with Gasteiger partial charge in [0.25, 0.3) is 0 Å². The van der Waals surface area contributed by atoms with Crippen molar-refractivity contribution in [2.45, 2.75) is 51.7 Å². The zero-order valence-electron chi connectivity index (χ0n) is 12.6. The minimum Gasteiger partial charge on any atom is -0.479 e. The molecule has 0 saturated heterocycles. The first kappa shape index (κ1) is 24.8. The van der Waals surface area contributed by atoms with Crippen molar-refractivity contribution in [3.05, 3.63) is 0 Å². The zero-order chi connectivity index (χ0) is 18.3. The van der Waals surface area contributed by atoms with Crippen LogP contribution in [0.5, 0.6) is 0 Å². The van der Waals surface area contributed by atoms with Crippen LogP contribution in [0.25, 0.3) is 0 Å². The number of carbonyl (C=O) groups excluding carboxylic acids is 2. The second-order valence-corrected chi connectivity index (χ2v) is 4.00. The molecule has 0 saturated carbocycles. The van der Waals surface area contributed by atoms with E-state index in [2.05, 4.69) is 0 Å². The zero-order valence-corrected chi connectivity index (χ0v) is 12.6. The van der Waals surface area contributed by atoms with Crippen LogP contribution in [-0.4, -0.2) is 56.4 Å². The molecule has 0 aromatic carbocycles. The molecule has 0 spiro atoms. The number of carbonyl (C=O) groups is 4. The maximum atomic E-state index is 9.82. The van der Waals surface area contributed by atoms with Gasteiger partial charge in [-0.1, -0.05) is 13.8 Å². The predicted molar refractivity (Wildman–Crippen MR) is 75.5 cm³/mol. The van der Waals surface area contributed by atoms with Crippen LogP contribution in [0.4, 0.5) is 0 Å². The molecule has 0 radical (unpaired) electrons. The van der Waals surface area contributed by atoms with Gasteiger partial charge in [0.2, 0.25) is 11.8 Å². The van der Waals surface area contributed by atoms with Gasteiger partial charge in [0, 0.05) is 12.8 Å². The van der Waals surface area contributed by atoms with Crippen molar-refractivity contribution in [2.24, 2.45) is 11.5 Å². The van der Waals surface area contributed by atoms with Crippen molar-refractivity contribution in [3.8, 4) is 0 Å². The summed E-state index contributed by atoms with van der Waals surface area (Å²) in [4.78, 5) is 39.2. The highest BCUT2D eigenvalue weighted by Crippen LogP contribution is 1.92. The molecule has 130 valence electrons. The maximum absolute atomic E-state index is 9.82. The minimum atomic E-state index is -2.27. The van der Waals surface area contributed by atoms with Crippen LogP contribution in [0, 0.1) is 0 Å². The van der Waals surface area contributed by atoms with Crippen molar-refractivity contribution < 1.29 is 39.6 Å². The molecule has 8 N–H and O–H groups in total. The summed E-state index contributed by atoms with van der Waals surface area (Å²) >= 11 is 0. The van der Waals surface area contributed by atoms with Gasteiger partial charge in [-0.15, -0.1) is 0 Å². The molecule has 10 heteroatoms. The number of nitrogens with two attached hydrogens (primary N) is 2. The fraction of sp³-hybridized carbons (Fsp3) is 0.667. The average molecular weight is 324 g/mol. The largest absolute Gasteiger partial charge is 0.479 e. The first-order valence-corrected chi connectivity index (χ1v) is 6.39. The number of aliphatic carboxylic acids is 2. The van der Waals surface area contributed by atoms with E-state index in [0.29, 0.717) is 12.8 Å². The summed E-state index contributed by atoms with van der Waals surface area (Å²) in [5, 5.41) is 32.5. The number of hydrogen-bond donors (Lipinski definition) is 6. The molecule has 10 nitrogen and oxygen atoms in total. The number of rotatable bonds is 7. The Morgan fingerprint density at radius 1 is 0.773 bits per heavy atom. The fourth-order valence-electron chi connectivity index (χ4n) is 0.763. The third-order valence-electron chi connectivity index (χ3n) is 1.80. The molecule has 0 fully saturated rings. The number of primary amides is 2. The molecule has 0 aromatic rings. The van der Waals surface area contributed by atoms with Gasteiger partial charge in [-0.2, -0.15) is 0 Å². The smallest absolute Gasteiger partial charge is 0.335 e. The van der Waals surface area contributed by atoms with Crippen LogP contribution in [-0.2, 0) is 19.2 Å². The monoisotopic (exact) mass is 324 g/mol. The lowest BCUT2D eigenvalue weighted by atomic mass is 10.2. The highest BCUT2D eigenvalue weighted by atomic mass is 16.4. The summed E-state index contributed by atoms with van der Waals surface area (Å²) in [6.07, 6.45) is -1.79. The Morgan fingerprint density at radius 3 is 1.05 bits per heavy atom. The summed E-state index contributed by atoms with van der Waals surface area (Å²) in [7, 11) is 0. The molecule has 2 amide bonds. The van der Waals surface area contributed by atoms with Crippen LogP contribution in [0.1, 0.15) is 39.5 Å². The second kappa shape index (κ2) is 15.2. The topological polar surface area (TPSA) is 201 Å². The number of hydrogen-bond acceptors (Lipinski definition) is 6. The highest BCUT2D eigenvalue weighted by molar-refractivity contribution is 5.83. The molecule has 22 heavy (non-hydrogen) atoms. The lowest BCUT2D eigenvalue weighted by molar-refractivity contribution is -0.165. The van der Waals surface area contributed by atoms with Gasteiger partial charge in [-0.05, 0) is 12.8 Å². The second-order valence-electron chi connectivity index (χ2n) is 4.00. The molecule has 0 aliphatic heterocycles. The first-order valence-electron chi connectivity index (χ1n) is 6.39. The first-order chi connectivity index (χ1) is 10.0. The standard InChI is InChI=1S/2C4H9NO.C4H6O6/c2*1-2-3-4(5)6;5-1(3(7)8)2(6)4(9)10/h2*2-3H2,1H3,(H2,5,6);1-2,5-6H,(H,7,8)(H,9,10). The SMILES string of the molecule is CCCC(N)=O.CCCC(N)=O.O=C(O)C(O)C(O)C(=O)O. The van der Waals surface area contributed by atoms with Crippen molar-refractivity contribution in [1.82, 2.24) is 0 Å². The third kappa shape index (κ3) is 20.1. The molecular formula is C12H24N2O8. The van der Waals surface area contributed by atoms with Gasteiger partial charge >= 0.3 is 11.9 Å². The lowest BCUT2D eigenvalue weighted by Crippen LogP contribution is -2.39. The Bertz CT molecular complexity index is 325. The summed E-state index contributed by atoms with van der Waals surface area (Å²) in [5.41, 5.74) is 9.53. The van der Waals surface area contributed by atoms with E-state index in [1.807, 2.05) is 13.8 Å². The summed E-state index contributed by atoms with van der Waals surface area (Å²) in [6, 6.07) is 0. The average Bonchev–Trinajstić information content (AvgIpc) is 2.37. The Hall–Kier alpha value is -2.20. The van der Waals surface area contributed by atoms with E-state index in [1.165, 1.54) is 0 Å². The Balaban J connectivity index is -0.000000261. The molecule has 0 aliphatic carbocycles. The van der Waals surface area contributed by atoms with Gasteiger partial charge in [0.15, 0.2) is 12.2 Å².